The highest BCUT2D eigenvalue weighted by molar-refractivity contribution is 7.13. The van der Waals surface area contributed by atoms with Crippen LogP contribution in [0, 0.1) is 0 Å². The number of hydrogen-bond donors (Lipinski definition) is 0. The van der Waals surface area contributed by atoms with Gasteiger partial charge in [-0.2, -0.15) is 0 Å². The van der Waals surface area contributed by atoms with Gasteiger partial charge in [0.1, 0.15) is 0 Å². The SMILES string of the molecule is COC(=O)c1ncsc1-c1ccc(C(C)(C)C)cc1. The Morgan fingerprint density at radius 3 is 2.37 bits per heavy atom. The molecule has 2 aromatic rings. The van der Waals surface area contributed by atoms with Crippen molar-refractivity contribution < 1.29 is 9.53 Å². The summed E-state index contributed by atoms with van der Waals surface area (Å²) in [6.07, 6.45) is 0. The van der Waals surface area contributed by atoms with Crippen LogP contribution in [-0.2, 0) is 10.2 Å². The zero-order chi connectivity index (χ0) is 14.0. The Kier molecular flexibility index (Phi) is 3.71. The topological polar surface area (TPSA) is 39.2 Å². The number of methoxy groups -OCH3 is 1. The molecule has 0 bridgehead atoms. The number of ether oxygens (including phenoxy) is 1. The second-order valence-electron chi connectivity index (χ2n) is 5.35. The van der Waals surface area contributed by atoms with Crippen LogP contribution in [0.15, 0.2) is 29.8 Å². The maximum atomic E-state index is 11.6. The van der Waals surface area contributed by atoms with Crippen LogP contribution in [0.5, 0.6) is 0 Å². The summed E-state index contributed by atoms with van der Waals surface area (Å²) in [7, 11) is 1.37. The summed E-state index contributed by atoms with van der Waals surface area (Å²) in [5.41, 5.74) is 4.43. The van der Waals surface area contributed by atoms with Gasteiger partial charge in [-0.15, -0.1) is 11.3 Å². The lowest BCUT2D eigenvalue weighted by Gasteiger charge is -2.19. The van der Waals surface area contributed by atoms with Gasteiger partial charge < -0.3 is 4.74 Å². The second-order valence-corrected chi connectivity index (χ2v) is 6.20. The van der Waals surface area contributed by atoms with Crippen LogP contribution in [0.2, 0.25) is 0 Å². The van der Waals surface area contributed by atoms with Gasteiger partial charge in [0.15, 0.2) is 5.69 Å². The first-order valence-corrected chi connectivity index (χ1v) is 6.94. The fraction of sp³-hybridized carbons (Fsp3) is 0.333. The molecule has 0 aliphatic carbocycles. The van der Waals surface area contributed by atoms with E-state index in [0.717, 1.165) is 10.4 Å². The first-order chi connectivity index (χ1) is 8.93. The summed E-state index contributed by atoms with van der Waals surface area (Å²) < 4.78 is 4.74. The molecule has 0 saturated carbocycles. The van der Waals surface area contributed by atoms with Crippen molar-refractivity contribution >= 4 is 17.3 Å². The molecular weight excluding hydrogens is 258 g/mol. The van der Waals surface area contributed by atoms with E-state index >= 15 is 0 Å². The molecular formula is C15H17NO2S. The maximum absolute atomic E-state index is 11.6. The fourth-order valence-corrected chi connectivity index (χ4v) is 2.60. The van der Waals surface area contributed by atoms with Crippen molar-refractivity contribution in [3.63, 3.8) is 0 Å². The van der Waals surface area contributed by atoms with Crippen LogP contribution in [0.4, 0.5) is 0 Å². The summed E-state index contributed by atoms with van der Waals surface area (Å²) in [4.78, 5) is 16.5. The van der Waals surface area contributed by atoms with E-state index < -0.39 is 5.97 Å². The Labute approximate surface area is 117 Å². The van der Waals surface area contributed by atoms with Gasteiger partial charge in [0, 0.05) is 0 Å². The normalized spacial score (nSPS) is 11.4. The van der Waals surface area contributed by atoms with Gasteiger partial charge in [-0.1, -0.05) is 45.0 Å². The van der Waals surface area contributed by atoms with Gasteiger partial charge in [-0.25, -0.2) is 9.78 Å². The van der Waals surface area contributed by atoms with Crippen molar-refractivity contribution in [1.29, 1.82) is 0 Å². The number of carbonyl (C=O) groups excluding carboxylic acids is 1. The van der Waals surface area contributed by atoms with E-state index in [9.17, 15) is 4.79 Å². The lowest BCUT2D eigenvalue weighted by molar-refractivity contribution is 0.0596. The van der Waals surface area contributed by atoms with E-state index in [0.29, 0.717) is 5.69 Å². The minimum absolute atomic E-state index is 0.122. The van der Waals surface area contributed by atoms with Crippen molar-refractivity contribution in [2.75, 3.05) is 7.11 Å². The van der Waals surface area contributed by atoms with Crippen LogP contribution >= 0.6 is 11.3 Å². The Morgan fingerprint density at radius 2 is 1.84 bits per heavy atom. The molecule has 1 aromatic heterocycles. The minimum Gasteiger partial charge on any atom is -0.464 e. The molecule has 2 rings (SSSR count). The quantitative estimate of drug-likeness (QED) is 0.780. The van der Waals surface area contributed by atoms with Crippen molar-refractivity contribution in [3.05, 3.63) is 41.0 Å². The Hall–Kier alpha value is -1.68. The van der Waals surface area contributed by atoms with E-state index in [1.807, 2.05) is 12.1 Å². The van der Waals surface area contributed by atoms with Gasteiger partial charge in [-0.3, -0.25) is 0 Å². The van der Waals surface area contributed by atoms with Crippen molar-refractivity contribution in [2.45, 2.75) is 26.2 Å². The van der Waals surface area contributed by atoms with E-state index in [2.05, 4.69) is 37.9 Å². The molecule has 0 amide bonds. The molecule has 0 spiro atoms. The monoisotopic (exact) mass is 275 g/mol. The van der Waals surface area contributed by atoms with Crippen molar-refractivity contribution in [3.8, 4) is 10.4 Å². The molecule has 0 N–H and O–H groups in total. The largest absolute Gasteiger partial charge is 0.464 e. The van der Waals surface area contributed by atoms with E-state index in [1.165, 1.54) is 24.0 Å². The fourth-order valence-electron chi connectivity index (χ4n) is 1.81. The summed E-state index contributed by atoms with van der Waals surface area (Å²) in [6, 6.07) is 8.24. The number of nitrogens with zero attached hydrogens (tertiary/aromatic N) is 1. The highest BCUT2D eigenvalue weighted by Crippen LogP contribution is 2.30. The summed E-state index contributed by atoms with van der Waals surface area (Å²) in [6.45, 7) is 6.53. The third-order valence-corrected chi connectivity index (χ3v) is 3.83. The number of rotatable bonds is 2. The zero-order valence-electron chi connectivity index (χ0n) is 11.6. The summed E-state index contributed by atoms with van der Waals surface area (Å²) >= 11 is 1.45. The molecule has 0 aliphatic rings. The Balaban J connectivity index is 2.38. The third kappa shape index (κ3) is 2.84. The maximum Gasteiger partial charge on any atom is 0.358 e. The number of thiazole rings is 1. The smallest absolute Gasteiger partial charge is 0.358 e. The average molecular weight is 275 g/mol. The molecule has 0 fully saturated rings. The Bertz CT molecular complexity index is 579. The van der Waals surface area contributed by atoms with E-state index in [-0.39, 0.29) is 5.41 Å². The molecule has 100 valence electrons. The number of carbonyl (C=O) groups is 1. The third-order valence-electron chi connectivity index (χ3n) is 2.96. The number of benzene rings is 1. The van der Waals surface area contributed by atoms with E-state index in [1.54, 1.807) is 5.51 Å². The molecule has 1 aromatic carbocycles. The highest BCUT2D eigenvalue weighted by atomic mass is 32.1. The molecule has 0 radical (unpaired) electrons. The van der Waals surface area contributed by atoms with Crippen molar-refractivity contribution in [1.82, 2.24) is 4.98 Å². The predicted octanol–water partition coefficient (Wildman–Crippen LogP) is 3.89. The van der Waals surface area contributed by atoms with Gasteiger partial charge in [0.2, 0.25) is 0 Å². The van der Waals surface area contributed by atoms with Crippen LogP contribution < -0.4 is 0 Å². The Morgan fingerprint density at radius 1 is 1.21 bits per heavy atom. The van der Waals surface area contributed by atoms with Crippen LogP contribution in [0.25, 0.3) is 10.4 Å². The molecule has 3 nitrogen and oxygen atoms in total. The van der Waals surface area contributed by atoms with Crippen molar-refractivity contribution in [2.24, 2.45) is 0 Å². The summed E-state index contributed by atoms with van der Waals surface area (Å²) in [5.74, 6) is -0.392. The van der Waals surface area contributed by atoms with Crippen LogP contribution in [-0.4, -0.2) is 18.1 Å². The van der Waals surface area contributed by atoms with Gasteiger partial charge in [0.05, 0.1) is 17.5 Å². The molecule has 1 heterocycles. The van der Waals surface area contributed by atoms with Crippen LogP contribution in [0.3, 0.4) is 0 Å². The summed E-state index contributed by atoms with van der Waals surface area (Å²) in [5, 5.41) is 0. The van der Waals surface area contributed by atoms with Gasteiger partial charge in [0.25, 0.3) is 0 Å². The van der Waals surface area contributed by atoms with Gasteiger partial charge >= 0.3 is 5.97 Å². The molecule has 4 heteroatoms. The zero-order valence-corrected chi connectivity index (χ0v) is 12.4. The number of hydrogen-bond acceptors (Lipinski definition) is 4. The van der Waals surface area contributed by atoms with Crippen LogP contribution in [0.1, 0.15) is 36.8 Å². The lowest BCUT2D eigenvalue weighted by Crippen LogP contribution is -2.10. The standard InChI is InChI=1S/C15H17NO2S/c1-15(2,3)11-7-5-10(6-8-11)13-12(14(17)18-4)16-9-19-13/h5-9H,1-4H3. The molecule has 0 saturated heterocycles. The molecule has 19 heavy (non-hydrogen) atoms. The first-order valence-electron chi connectivity index (χ1n) is 6.06. The molecule has 0 aliphatic heterocycles. The lowest BCUT2D eigenvalue weighted by atomic mass is 9.86. The van der Waals surface area contributed by atoms with Gasteiger partial charge in [-0.05, 0) is 16.5 Å². The molecule has 0 atom stereocenters. The number of esters is 1. The highest BCUT2D eigenvalue weighted by Gasteiger charge is 2.18. The average Bonchev–Trinajstić information content (AvgIpc) is 2.86. The second kappa shape index (κ2) is 5.13. The molecule has 0 unspecified atom stereocenters. The minimum atomic E-state index is -0.392. The predicted molar refractivity (Wildman–Crippen MR) is 77.6 cm³/mol. The van der Waals surface area contributed by atoms with E-state index in [4.69, 9.17) is 4.74 Å². The first kappa shape index (κ1) is 13.7. The number of aromatic nitrogens is 1.